The van der Waals surface area contributed by atoms with Crippen LogP contribution in [0.3, 0.4) is 0 Å². The van der Waals surface area contributed by atoms with Crippen molar-refractivity contribution in [3.05, 3.63) is 0 Å². The maximum absolute atomic E-state index is 7.43. The molecule has 0 aromatic rings. The summed E-state index contributed by atoms with van der Waals surface area (Å²) in [6, 6.07) is 0. The van der Waals surface area contributed by atoms with Gasteiger partial charge in [0.25, 0.3) is 0 Å². The van der Waals surface area contributed by atoms with Crippen molar-refractivity contribution in [1.29, 1.82) is 5.26 Å². The Balaban J connectivity index is -0.0000000200. The molecule has 4 heteroatoms. The maximum atomic E-state index is 7.43. The van der Waals surface area contributed by atoms with Crippen molar-refractivity contribution in [3.8, 4) is 5.97 Å². The van der Waals surface area contributed by atoms with Gasteiger partial charge in [-0.25, -0.2) is 0 Å². The molecule has 0 saturated heterocycles. The average Bonchev–Trinajstić information content (AvgIpc) is 0.918. The van der Waals surface area contributed by atoms with E-state index in [0.29, 0.717) is 0 Å². The first-order valence-electron chi connectivity index (χ1n) is 0.224. The molecular weight excluding hydrogens is 99.8 g/mol. The molecule has 0 unspecified atom stereocenters. The SMILES string of the molecule is [Ar].[BH3-]C#N.[Na+]. The van der Waals surface area contributed by atoms with Crippen LogP contribution in [0.25, 0.3) is 0 Å². The Morgan fingerprint density at radius 1 is 1.60 bits per heavy atom. The van der Waals surface area contributed by atoms with E-state index in [9.17, 15) is 0 Å². The second-order valence-corrected chi connectivity index (χ2v) is 0. The summed E-state index contributed by atoms with van der Waals surface area (Å²) >= 11 is 0. The van der Waals surface area contributed by atoms with E-state index in [1.807, 2.05) is 5.97 Å². The molecule has 0 aliphatic rings. The third-order valence-electron chi connectivity index (χ3n) is 0. The van der Waals surface area contributed by atoms with Gasteiger partial charge < -0.3 is 0 Å². The second kappa shape index (κ2) is 17.0. The summed E-state index contributed by atoms with van der Waals surface area (Å²) in [5.74, 6) is 2.00. The smallest absolute Gasteiger partial charge is 0.251 e. The van der Waals surface area contributed by atoms with Crippen LogP contribution in [0.15, 0.2) is 0 Å². The number of nitriles is 1. The Morgan fingerprint density at radius 2 is 1.60 bits per heavy atom. The van der Waals surface area contributed by atoms with Gasteiger partial charge in [-0.3, -0.25) is 5.26 Å². The molecule has 1 nitrogen and oxygen atoms in total. The summed E-state index contributed by atoms with van der Waals surface area (Å²) in [5, 5.41) is 7.43. The Morgan fingerprint density at radius 3 is 1.60 bits per heavy atom. The minimum absolute atomic E-state index is 0. The quantitative estimate of drug-likeness (QED) is 0.285. The zero-order valence-electron chi connectivity index (χ0n) is 2.30. The molecule has 0 fully saturated rings. The molecular formula is CH3ArBNNa. The molecule has 0 heterocycles. The molecule has 0 bridgehead atoms. The minimum atomic E-state index is 0. The molecule has 0 aromatic carbocycles. The van der Waals surface area contributed by atoms with Crippen LogP contribution in [0, 0.1) is 49.0 Å². The van der Waals surface area contributed by atoms with Gasteiger partial charge in [0, 0.05) is 37.7 Å². The molecule has 5 heavy (non-hydrogen) atoms. The number of hydrogen-bond donors (Lipinski definition) is 0. The van der Waals surface area contributed by atoms with Gasteiger partial charge >= 0.3 is 29.6 Å². The van der Waals surface area contributed by atoms with Crippen LogP contribution in [0.1, 0.15) is 0 Å². The molecule has 0 atom stereocenters. The summed E-state index contributed by atoms with van der Waals surface area (Å²) in [6.45, 7) is 0. The summed E-state index contributed by atoms with van der Waals surface area (Å²) in [5.41, 5.74) is 0. The number of rotatable bonds is 0. The van der Waals surface area contributed by atoms with Crippen LogP contribution < -0.4 is 29.6 Å². The Hall–Kier alpha value is 1.81. The number of nitrogens with zero attached hydrogens (tertiary/aromatic N) is 1. The van der Waals surface area contributed by atoms with Gasteiger partial charge in [-0.1, -0.05) is 0 Å². The monoisotopic (exact) mass is 103 g/mol. The van der Waals surface area contributed by atoms with Crippen LogP contribution in [0.5, 0.6) is 0 Å². The normalized spacial score (nSPS) is 1.60. The van der Waals surface area contributed by atoms with Gasteiger partial charge in [0.05, 0.1) is 7.85 Å². The van der Waals surface area contributed by atoms with Crippen molar-refractivity contribution in [3.63, 3.8) is 0 Å². The zero-order valence-corrected chi connectivity index (χ0v) is 5.01. The fourth-order valence-corrected chi connectivity index (χ4v) is 0. The predicted octanol–water partition coefficient (Wildman–Crippen LogP) is -4.16. The van der Waals surface area contributed by atoms with Crippen molar-refractivity contribution in [2.45, 2.75) is 0 Å². The molecule has 0 saturated carbocycles. The Bertz CT molecular complexity index is 33.1. The molecule has 0 amide bonds. The van der Waals surface area contributed by atoms with E-state index < -0.39 is 0 Å². The molecule has 0 aliphatic carbocycles. The molecule has 0 N–H and O–H groups in total. The van der Waals surface area contributed by atoms with E-state index in [4.69, 9.17) is 5.26 Å². The topological polar surface area (TPSA) is 23.8 Å². The van der Waals surface area contributed by atoms with Crippen LogP contribution >= 0.6 is 0 Å². The van der Waals surface area contributed by atoms with Gasteiger partial charge in [0.1, 0.15) is 0 Å². The third kappa shape index (κ3) is 25.7. The molecule has 0 rings (SSSR count). The van der Waals surface area contributed by atoms with Crippen molar-refractivity contribution in [1.82, 2.24) is 0 Å². The zero-order chi connectivity index (χ0) is 2.71. The minimum Gasteiger partial charge on any atom is -0.251 e. The van der Waals surface area contributed by atoms with Crippen LogP contribution in [-0.4, -0.2) is 7.85 Å². The summed E-state index contributed by atoms with van der Waals surface area (Å²) in [7, 11) is 0.0694. The fraction of sp³-hybridized carbons (Fsp3) is 0. The van der Waals surface area contributed by atoms with E-state index in [-0.39, 0.29) is 75.1 Å². The summed E-state index contributed by atoms with van der Waals surface area (Å²) in [6.07, 6.45) is 0. The van der Waals surface area contributed by atoms with Crippen LogP contribution in [0.4, 0.5) is 0 Å². The molecule has 0 radical (unpaired) electrons. The predicted molar refractivity (Wildman–Crippen MR) is 15.6 cm³/mol. The van der Waals surface area contributed by atoms with Gasteiger partial charge in [0.15, 0.2) is 0 Å². The molecule has 0 spiro atoms. The van der Waals surface area contributed by atoms with E-state index in [1.165, 1.54) is 0 Å². The maximum Gasteiger partial charge on any atom is 1.00 e. The van der Waals surface area contributed by atoms with E-state index in [0.717, 1.165) is 0 Å². The van der Waals surface area contributed by atoms with Gasteiger partial charge in [0.2, 0.25) is 0 Å². The molecule has 0 aliphatic heterocycles. The third-order valence-corrected chi connectivity index (χ3v) is 0. The van der Waals surface area contributed by atoms with E-state index >= 15 is 0 Å². The second-order valence-electron chi connectivity index (χ2n) is 0. The standard InChI is InChI=1S/CH3BN.Ar.Na/c2-1-3;;/h2H3;;/q-1;;+1. The Kier molecular flexibility index (Phi) is 53.9. The first-order chi connectivity index (χ1) is 1.41. The van der Waals surface area contributed by atoms with Gasteiger partial charge in [-0.15, -0.1) is 0 Å². The average molecular weight is 103 g/mol. The fourth-order valence-electron chi connectivity index (χ4n) is 0. The number of hydrogen-bond acceptors (Lipinski definition) is 1. The van der Waals surface area contributed by atoms with Crippen molar-refractivity contribution < 1.29 is 67.3 Å². The van der Waals surface area contributed by atoms with Crippen LogP contribution in [-0.2, 0) is 0 Å². The summed E-state index contributed by atoms with van der Waals surface area (Å²) in [4.78, 5) is 0. The van der Waals surface area contributed by atoms with Crippen molar-refractivity contribution >= 4 is 7.85 Å². The van der Waals surface area contributed by atoms with Gasteiger partial charge in [-0.05, 0) is 0 Å². The molecule has 0 aromatic heterocycles. The Labute approximate surface area is 84.8 Å². The first-order valence-corrected chi connectivity index (χ1v) is 0.224. The van der Waals surface area contributed by atoms with Crippen molar-refractivity contribution in [2.75, 3.05) is 0 Å². The first kappa shape index (κ1) is 15.8. The van der Waals surface area contributed by atoms with E-state index in [1.54, 1.807) is 0 Å². The largest absolute Gasteiger partial charge is 1.00 e. The van der Waals surface area contributed by atoms with E-state index in [2.05, 4.69) is 0 Å². The van der Waals surface area contributed by atoms with Gasteiger partial charge in [-0.2, -0.15) is 5.97 Å². The summed E-state index contributed by atoms with van der Waals surface area (Å²) < 4.78 is 0. The van der Waals surface area contributed by atoms with Crippen LogP contribution in [0.2, 0.25) is 0 Å². The molecule has 24 valence electrons. The van der Waals surface area contributed by atoms with Crippen molar-refractivity contribution in [2.24, 2.45) is 0 Å².